The van der Waals surface area contributed by atoms with Gasteiger partial charge in [-0.15, -0.1) is 0 Å². The van der Waals surface area contributed by atoms with Crippen molar-refractivity contribution in [3.63, 3.8) is 0 Å². The molecule has 0 bridgehead atoms. The van der Waals surface area contributed by atoms with Crippen LogP contribution in [0.2, 0.25) is 0 Å². The Morgan fingerprint density at radius 2 is 2.31 bits per heavy atom. The summed E-state index contributed by atoms with van der Waals surface area (Å²) in [6.07, 6.45) is 0.971. The van der Waals surface area contributed by atoms with Crippen molar-refractivity contribution in [2.45, 2.75) is 18.2 Å². The SMILES string of the molecule is Cc1cccc(C(=O)N2CCC(Br)C2)c1O. The van der Waals surface area contributed by atoms with Gasteiger partial charge in [0, 0.05) is 17.9 Å². The van der Waals surface area contributed by atoms with Crippen molar-refractivity contribution in [2.24, 2.45) is 0 Å². The number of aryl methyl sites for hydroxylation is 1. The molecular weight excluding hydrogens is 270 g/mol. The summed E-state index contributed by atoms with van der Waals surface area (Å²) >= 11 is 3.50. The third-order valence-electron chi connectivity index (χ3n) is 2.89. The summed E-state index contributed by atoms with van der Waals surface area (Å²) in [4.78, 5) is 14.3. The van der Waals surface area contributed by atoms with E-state index in [9.17, 15) is 9.90 Å². The van der Waals surface area contributed by atoms with Crippen molar-refractivity contribution in [3.05, 3.63) is 29.3 Å². The summed E-state index contributed by atoms with van der Waals surface area (Å²) in [5, 5.41) is 9.83. The molecule has 3 nitrogen and oxygen atoms in total. The second-order valence-electron chi connectivity index (χ2n) is 4.11. The zero-order chi connectivity index (χ0) is 11.7. The van der Waals surface area contributed by atoms with Gasteiger partial charge in [-0.2, -0.15) is 0 Å². The molecule has 1 aliphatic rings. The van der Waals surface area contributed by atoms with Gasteiger partial charge in [-0.25, -0.2) is 0 Å². The number of hydrogen-bond donors (Lipinski definition) is 1. The molecule has 16 heavy (non-hydrogen) atoms. The number of alkyl halides is 1. The van der Waals surface area contributed by atoms with Crippen LogP contribution < -0.4 is 0 Å². The van der Waals surface area contributed by atoms with Crippen LogP contribution in [0.4, 0.5) is 0 Å². The maximum Gasteiger partial charge on any atom is 0.257 e. The van der Waals surface area contributed by atoms with Crippen molar-refractivity contribution in [1.29, 1.82) is 0 Å². The van der Waals surface area contributed by atoms with Crippen molar-refractivity contribution < 1.29 is 9.90 Å². The molecule has 1 saturated heterocycles. The third-order valence-corrected chi connectivity index (χ3v) is 3.63. The fourth-order valence-electron chi connectivity index (χ4n) is 1.90. The minimum absolute atomic E-state index is 0.0804. The fraction of sp³-hybridized carbons (Fsp3) is 0.417. The van der Waals surface area contributed by atoms with Crippen LogP contribution in [-0.4, -0.2) is 33.8 Å². The lowest BCUT2D eigenvalue weighted by atomic mass is 10.1. The normalized spacial score (nSPS) is 20.1. The molecule has 0 radical (unpaired) electrons. The van der Waals surface area contributed by atoms with E-state index in [4.69, 9.17) is 0 Å². The molecule has 0 saturated carbocycles. The monoisotopic (exact) mass is 283 g/mol. The number of halogens is 1. The maximum absolute atomic E-state index is 12.1. The van der Waals surface area contributed by atoms with Crippen molar-refractivity contribution in [3.8, 4) is 5.75 Å². The minimum atomic E-state index is -0.0804. The molecule has 1 heterocycles. The number of phenolic OH excluding ortho intramolecular Hbond substituents is 1. The molecule has 1 fully saturated rings. The summed E-state index contributed by atoms with van der Waals surface area (Å²) in [5.74, 6) is 0.0219. The zero-order valence-electron chi connectivity index (χ0n) is 9.11. The number of likely N-dealkylation sites (tertiary alicyclic amines) is 1. The van der Waals surface area contributed by atoms with Gasteiger partial charge in [0.15, 0.2) is 0 Å². The number of aromatic hydroxyl groups is 1. The first kappa shape index (κ1) is 11.5. The topological polar surface area (TPSA) is 40.5 Å². The molecule has 2 rings (SSSR count). The number of para-hydroxylation sites is 1. The van der Waals surface area contributed by atoms with Crippen molar-refractivity contribution in [2.75, 3.05) is 13.1 Å². The number of hydrogen-bond acceptors (Lipinski definition) is 2. The van der Waals surface area contributed by atoms with Crippen LogP contribution in [-0.2, 0) is 0 Å². The van der Waals surface area contributed by atoms with Crippen molar-refractivity contribution >= 4 is 21.8 Å². The standard InChI is InChI=1S/C12H14BrNO2/c1-8-3-2-4-10(11(8)15)12(16)14-6-5-9(13)7-14/h2-4,9,15H,5-7H2,1H3. The Morgan fingerprint density at radius 1 is 1.56 bits per heavy atom. The molecule has 0 aromatic heterocycles. The van der Waals surface area contributed by atoms with Crippen LogP contribution in [0.5, 0.6) is 5.75 Å². The van der Waals surface area contributed by atoms with E-state index >= 15 is 0 Å². The van der Waals surface area contributed by atoms with Gasteiger partial charge in [-0.05, 0) is 25.0 Å². The van der Waals surface area contributed by atoms with Gasteiger partial charge in [0.05, 0.1) is 5.56 Å². The molecule has 1 amide bonds. The molecular formula is C12H14BrNO2. The second-order valence-corrected chi connectivity index (χ2v) is 5.40. The summed E-state index contributed by atoms with van der Waals surface area (Å²) in [6.45, 7) is 3.26. The van der Waals surface area contributed by atoms with Crippen molar-refractivity contribution in [1.82, 2.24) is 4.90 Å². The van der Waals surface area contributed by atoms with Crippen LogP contribution in [0.3, 0.4) is 0 Å². The molecule has 1 aliphatic heterocycles. The highest BCUT2D eigenvalue weighted by Gasteiger charge is 2.26. The molecule has 4 heteroatoms. The predicted molar refractivity (Wildman–Crippen MR) is 66.1 cm³/mol. The number of benzene rings is 1. The Bertz CT molecular complexity index is 419. The Balaban J connectivity index is 2.24. The molecule has 0 spiro atoms. The van der Waals surface area contributed by atoms with Crippen LogP contribution in [0.25, 0.3) is 0 Å². The van der Waals surface area contributed by atoms with E-state index < -0.39 is 0 Å². The van der Waals surface area contributed by atoms with E-state index in [1.54, 1.807) is 30.0 Å². The zero-order valence-corrected chi connectivity index (χ0v) is 10.7. The number of carbonyl (C=O) groups excluding carboxylic acids is 1. The van der Waals surface area contributed by atoms with E-state index in [1.165, 1.54) is 0 Å². The van der Waals surface area contributed by atoms with E-state index in [1.807, 2.05) is 0 Å². The highest BCUT2D eigenvalue weighted by Crippen LogP contribution is 2.25. The predicted octanol–water partition coefficient (Wildman–Crippen LogP) is 2.31. The average molecular weight is 284 g/mol. The van der Waals surface area contributed by atoms with Gasteiger partial charge < -0.3 is 10.0 Å². The number of phenols is 1. The van der Waals surface area contributed by atoms with Crippen LogP contribution in [0, 0.1) is 6.92 Å². The Labute approximate surface area is 103 Å². The van der Waals surface area contributed by atoms with Gasteiger partial charge in [0.25, 0.3) is 5.91 Å². The molecule has 1 aromatic rings. The lowest BCUT2D eigenvalue weighted by Gasteiger charge is -2.16. The molecule has 1 N–H and O–H groups in total. The smallest absolute Gasteiger partial charge is 0.257 e. The van der Waals surface area contributed by atoms with E-state index in [0.29, 0.717) is 16.9 Å². The first-order valence-corrected chi connectivity index (χ1v) is 6.23. The molecule has 0 aliphatic carbocycles. The molecule has 1 atom stereocenters. The Morgan fingerprint density at radius 3 is 2.94 bits per heavy atom. The van der Waals surface area contributed by atoms with Gasteiger partial charge in [-0.1, -0.05) is 28.1 Å². The summed E-state index contributed by atoms with van der Waals surface area (Å²) in [6, 6.07) is 5.26. The van der Waals surface area contributed by atoms with E-state index in [0.717, 1.165) is 18.5 Å². The third kappa shape index (κ3) is 2.07. The summed E-state index contributed by atoms with van der Waals surface area (Å²) in [5.41, 5.74) is 1.14. The van der Waals surface area contributed by atoms with Crippen LogP contribution in [0.1, 0.15) is 22.3 Å². The number of rotatable bonds is 1. The summed E-state index contributed by atoms with van der Waals surface area (Å²) in [7, 11) is 0. The first-order chi connectivity index (χ1) is 7.59. The first-order valence-electron chi connectivity index (χ1n) is 5.31. The maximum atomic E-state index is 12.1. The van der Waals surface area contributed by atoms with Crippen LogP contribution >= 0.6 is 15.9 Å². The Kier molecular flexibility index (Phi) is 3.19. The van der Waals surface area contributed by atoms with Gasteiger partial charge >= 0.3 is 0 Å². The molecule has 1 aromatic carbocycles. The quantitative estimate of drug-likeness (QED) is 0.804. The average Bonchev–Trinajstić information content (AvgIpc) is 2.68. The van der Waals surface area contributed by atoms with E-state index in [2.05, 4.69) is 15.9 Å². The van der Waals surface area contributed by atoms with Gasteiger partial charge in [0.2, 0.25) is 0 Å². The number of nitrogens with zero attached hydrogens (tertiary/aromatic N) is 1. The Hall–Kier alpha value is -1.03. The highest BCUT2D eigenvalue weighted by molar-refractivity contribution is 9.09. The number of carbonyl (C=O) groups is 1. The van der Waals surface area contributed by atoms with Gasteiger partial charge in [0.1, 0.15) is 5.75 Å². The second kappa shape index (κ2) is 4.45. The molecule has 86 valence electrons. The lowest BCUT2D eigenvalue weighted by Crippen LogP contribution is -2.28. The molecule has 1 unspecified atom stereocenters. The largest absolute Gasteiger partial charge is 0.507 e. The van der Waals surface area contributed by atoms with Gasteiger partial charge in [-0.3, -0.25) is 4.79 Å². The van der Waals surface area contributed by atoms with Crippen LogP contribution in [0.15, 0.2) is 18.2 Å². The fourth-order valence-corrected chi connectivity index (χ4v) is 2.46. The van der Waals surface area contributed by atoms with E-state index in [-0.39, 0.29) is 11.7 Å². The highest BCUT2D eigenvalue weighted by atomic mass is 79.9. The lowest BCUT2D eigenvalue weighted by molar-refractivity contribution is 0.0790. The minimum Gasteiger partial charge on any atom is -0.507 e. The number of amides is 1. The summed E-state index contributed by atoms with van der Waals surface area (Å²) < 4.78 is 0.